The smallest absolute Gasteiger partial charge is 0.123 e. The molecular formula is C9H18N4O. The van der Waals surface area contributed by atoms with Crippen molar-refractivity contribution in [2.45, 2.75) is 0 Å². The fourth-order valence-electron chi connectivity index (χ4n) is 1.13. The van der Waals surface area contributed by atoms with E-state index in [1.54, 1.807) is 13.3 Å². The van der Waals surface area contributed by atoms with Crippen molar-refractivity contribution in [3.63, 3.8) is 0 Å². The first kappa shape index (κ1) is 11.0. The van der Waals surface area contributed by atoms with Crippen LogP contribution in [0, 0.1) is 0 Å². The molecule has 0 aliphatic heterocycles. The normalized spacial score (nSPS) is 10.4. The molecule has 0 saturated carbocycles. The van der Waals surface area contributed by atoms with Gasteiger partial charge in [0.15, 0.2) is 0 Å². The van der Waals surface area contributed by atoms with Gasteiger partial charge >= 0.3 is 0 Å². The third-order valence-corrected chi connectivity index (χ3v) is 1.91. The summed E-state index contributed by atoms with van der Waals surface area (Å²) in [5.41, 5.74) is 0. The van der Waals surface area contributed by atoms with Gasteiger partial charge in [-0.25, -0.2) is 0 Å². The Hall–Kier alpha value is -1.07. The van der Waals surface area contributed by atoms with Crippen molar-refractivity contribution in [2.24, 2.45) is 7.05 Å². The van der Waals surface area contributed by atoms with Crippen molar-refractivity contribution in [3.8, 4) is 0 Å². The average Bonchev–Trinajstić information content (AvgIpc) is 2.58. The molecule has 1 rings (SSSR count). The summed E-state index contributed by atoms with van der Waals surface area (Å²) in [4.78, 5) is 0. The second-order valence-electron chi connectivity index (χ2n) is 3.01. The van der Waals surface area contributed by atoms with E-state index in [1.165, 1.54) is 0 Å². The van der Waals surface area contributed by atoms with Gasteiger partial charge in [-0.05, 0) is 0 Å². The number of nitrogens with one attached hydrogen (secondary N) is 2. The van der Waals surface area contributed by atoms with E-state index >= 15 is 0 Å². The number of rotatable bonds is 7. The Labute approximate surface area is 84.4 Å². The van der Waals surface area contributed by atoms with Gasteiger partial charge in [-0.1, -0.05) is 0 Å². The molecule has 0 spiro atoms. The molecule has 1 heterocycles. The maximum atomic E-state index is 4.92. The summed E-state index contributed by atoms with van der Waals surface area (Å²) in [6, 6.07) is 1.95. The zero-order valence-electron chi connectivity index (χ0n) is 8.79. The first-order valence-electron chi connectivity index (χ1n) is 4.76. The van der Waals surface area contributed by atoms with Gasteiger partial charge in [0.25, 0.3) is 0 Å². The molecule has 1 aromatic heterocycles. The van der Waals surface area contributed by atoms with E-state index in [-0.39, 0.29) is 0 Å². The molecular weight excluding hydrogens is 180 g/mol. The van der Waals surface area contributed by atoms with Crippen molar-refractivity contribution in [3.05, 3.63) is 12.3 Å². The second kappa shape index (κ2) is 6.39. The molecule has 0 saturated heterocycles. The minimum atomic E-state index is 0.756. The van der Waals surface area contributed by atoms with E-state index in [2.05, 4.69) is 15.7 Å². The van der Waals surface area contributed by atoms with Gasteiger partial charge in [0.1, 0.15) is 5.82 Å². The Morgan fingerprint density at radius 3 is 2.93 bits per heavy atom. The number of nitrogens with zero attached hydrogens (tertiary/aromatic N) is 2. The van der Waals surface area contributed by atoms with Crippen molar-refractivity contribution in [2.75, 3.05) is 38.7 Å². The topological polar surface area (TPSA) is 51.1 Å². The van der Waals surface area contributed by atoms with Gasteiger partial charge in [-0.2, -0.15) is 5.10 Å². The molecule has 14 heavy (non-hydrogen) atoms. The standard InChI is InChI=1S/C9H18N4O/c1-13-9(3-4-12-13)11-6-5-10-7-8-14-2/h3-4,10-11H,5-8H2,1-2H3. The molecule has 5 heteroatoms. The summed E-state index contributed by atoms with van der Waals surface area (Å²) in [5, 5.41) is 10.6. The Bertz CT molecular complexity index is 249. The molecule has 5 nitrogen and oxygen atoms in total. The zero-order valence-corrected chi connectivity index (χ0v) is 8.79. The second-order valence-corrected chi connectivity index (χ2v) is 3.01. The number of ether oxygens (including phenoxy) is 1. The highest BCUT2D eigenvalue weighted by molar-refractivity contribution is 5.33. The lowest BCUT2D eigenvalue weighted by molar-refractivity contribution is 0.200. The Morgan fingerprint density at radius 2 is 2.29 bits per heavy atom. The predicted octanol–water partition coefficient (Wildman–Crippen LogP) is 0.0680. The van der Waals surface area contributed by atoms with Crippen LogP contribution in [0.3, 0.4) is 0 Å². The molecule has 0 aromatic carbocycles. The van der Waals surface area contributed by atoms with Gasteiger partial charge in [-0.15, -0.1) is 0 Å². The lowest BCUT2D eigenvalue weighted by Crippen LogP contribution is -2.25. The highest BCUT2D eigenvalue weighted by Gasteiger charge is 1.94. The van der Waals surface area contributed by atoms with Gasteiger partial charge in [-0.3, -0.25) is 4.68 Å². The summed E-state index contributed by atoms with van der Waals surface area (Å²) in [6.45, 7) is 3.47. The summed E-state index contributed by atoms with van der Waals surface area (Å²) < 4.78 is 6.73. The SMILES string of the molecule is COCCNCCNc1ccnn1C. The minimum Gasteiger partial charge on any atom is -0.383 e. The lowest BCUT2D eigenvalue weighted by atomic mass is 10.5. The molecule has 1 aromatic rings. The first-order chi connectivity index (χ1) is 6.84. The molecule has 0 aliphatic rings. The first-order valence-corrected chi connectivity index (χ1v) is 4.76. The summed E-state index contributed by atoms with van der Waals surface area (Å²) >= 11 is 0. The monoisotopic (exact) mass is 198 g/mol. The average molecular weight is 198 g/mol. The zero-order chi connectivity index (χ0) is 10.2. The van der Waals surface area contributed by atoms with Gasteiger partial charge in [0.05, 0.1) is 12.8 Å². The quantitative estimate of drug-likeness (QED) is 0.609. The summed E-state index contributed by atoms with van der Waals surface area (Å²) in [5.74, 6) is 1.04. The fraction of sp³-hybridized carbons (Fsp3) is 0.667. The highest BCUT2D eigenvalue weighted by atomic mass is 16.5. The number of hydrogen-bond acceptors (Lipinski definition) is 4. The number of aromatic nitrogens is 2. The number of hydrogen-bond donors (Lipinski definition) is 2. The van der Waals surface area contributed by atoms with Crippen LogP contribution in [-0.2, 0) is 11.8 Å². The van der Waals surface area contributed by atoms with E-state index in [1.807, 2.05) is 17.8 Å². The Balaban J connectivity index is 2.02. The number of anilines is 1. The van der Waals surface area contributed by atoms with Crippen LogP contribution in [0.25, 0.3) is 0 Å². The molecule has 0 aliphatic carbocycles. The maximum absolute atomic E-state index is 4.92. The fourth-order valence-corrected chi connectivity index (χ4v) is 1.13. The minimum absolute atomic E-state index is 0.756. The maximum Gasteiger partial charge on any atom is 0.123 e. The summed E-state index contributed by atoms with van der Waals surface area (Å²) in [6.07, 6.45) is 1.78. The number of aryl methyl sites for hydroxylation is 1. The van der Waals surface area contributed by atoms with Crippen molar-refractivity contribution in [1.29, 1.82) is 0 Å². The van der Waals surface area contributed by atoms with Crippen LogP contribution in [0.2, 0.25) is 0 Å². The molecule has 0 radical (unpaired) electrons. The van der Waals surface area contributed by atoms with Crippen LogP contribution in [-0.4, -0.2) is 43.1 Å². The number of methoxy groups -OCH3 is 1. The van der Waals surface area contributed by atoms with Crippen molar-refractivity contribution in [1.82, 2.24) is 15.1 Å². The van der Waals surface area contributed by atoms with Crippen LogP contribution in [0.15, 0.2) is 12.3 Å². The van der Waals surface area contributed by atoms with Gasteiger partial charge < -0.3 is 15.4 Å². The van der Waals surface area contributed by atoms with E-state index in [0.717, 1.165) is 32.1 Å². The van der Waals surface area contributed by atoms with E-state index in [0.29, 0.717) is 0 Å². The highest BCUT2D eigenvalue weighted by Crippen LogP contribution is 2.01. The third kappa shape index (κ3) is 3.76. The van der Waals surface area contributed by atoms with Crippen LogP contribution in [0.4, 0.5) is 5.82 Å². The van der Waals surface area contributed by atoms with Crippen LogP contribution in [0.1, 0.15) is 0 Å². The van der Waals surface area contributed by atoms with Gasteiger partial charge in [0.2, 0.25) is 0 Å². The lowest BCUT2D eigenvalue weighted by Gasteiger charge is -2.07. The van der Waals surface area contributed by atoms with Crippen LogP contribution in [0.5, 0.6) is 0 Å². The van der Waals surface area contributed by atoms with E-state index in [9.17, 15) is 0 Å². The predicted molar refractivity (Wildman–Crippen MR) is 56.4 cm³/mol. The molecule has 0 unspecified atom stereocenters. The van der Waals surface area contributed by atoms with Crippen molar-refractivity contribution < 1.29 is 4.74 Å². The summed E-state index contributed by atoms with van der Waals surface area (Å²) in [7, 11) is 3.62. The Kier molecular flexibility index (Phi) is 5.03. The molecule has 0 amide bonds. The molecule has 80 valence electrons. The third-order valence-electron chi connectivity index (χ3n) is 1.91. The molecule has 0 fully saturated rings. The van der Waals surface area contributed by atoms with E-state index in [4.69, 9.17) is 4.74 Å². The van der Waals surface area contributed by atoms with Crippen LogP contribution < -0.4 is 10.6 Å². The Morgan fingerprint density at radius 1 is 1.43 bits per heavy atom. The molecule has 0 atom stereocenters. The molecule has 2 N–H and O–H groups in total. The largest absolute Gasteiger partial charge is 0.383 e. The van der Waals surface area contributed by atoms with E-state index < -0.39 is 0 Å². The van der Waals surface area contributed by atoms with Crippen molar-refractivity contribution >= 4 is 5.82 Å². The van der Waals surface area contributed by atoms with Gasteiger partial charge in [0, 0.05) is 39.9 Å². The van der Waals surface area contributed by atoms with Crippen LogP contribution >= 0.6 is 0 Å². The molecule has 0 bridgehead atoms.